The Balaban J connectivity index is 1.00. The number of carbonyl (C=O) groups is 3. The van der Waals surface area contributed by atoms with E-state index in [0.717, 1.165) is 51.0 Å². The number of ether oxygens (including phenoxy) is 1. The third-order valence-electron chi connectivity index (χ3n) is 15.2. The summed E-state index contributed by atoms with van der Waals surface area (Å²) in [6.45, 7) is 4.36. The van der Waals surface area contributed by atoms with Gasteiger partial charge in [0.05, 0.1) is 29.5 Å². The topological polar surface area (TPSA) is 254 Å². The molecule has 8 aromatic rings. The summed E-state index contributed by atoms with van der Waals surface area (Å²) >= 11 is 0. The second-order valence-electron chi connectivity index (χ2n) is 20.6. The fraction of sp³-hybridized carbons (Fsp3) is 0.159. The molecule has 0 saturated heterocycles. The van der Waals surface area contributed by atoms with Crippen LogP contribution in [0.1, 0.15) is 104 Å². The third kappa shape index (κ3) is 10.8. The molecule has 2 amide bonds. The molecule has 0 bridgehead atoms. The number of fused-ring (bicyclic) bond motifs is 2. The molecule has 0 radical (unpaired) electrons. The lowest BCUT2D eigenvalue weighted by Crippen LogP contribution is -2.35. The van der Waals surface area contributed by atoms with Gasteiger partial charge in [0, 0.05) is 51.8 Å². The Bertz CT molecular complexity index is 3870. The first-order chi connectivity index (χ1) is 37.8. The minimum Gasteiger partial charge on any atom is -0.386 e. The minimum absolute atomic E-state index is 0.0251. The van der Waals surface area contributed by atoms with Crippen LogP contribution in [0, 0.1) is 10.8 Å². The molecule has 11 N–H and O–H groups in total. The summed E-state index contributed by atoms with van der Waals surface area (Å²) in [6, 6.07) is 55.5. The van der Waals surface area contributed by atoms with Crippen LogP contribution in [-0.2, 0) is 25.6 Å². The number of hydrogen-bond donors (Lipinski definition) is 9. The molecule has 4 atom stereocenters. The molecule has 0 aliphatic carbocycles. The number of hydrogen-bond acceptors (Lipinski definition) is 10. The van der Waals surface area contributed by atoms with Crippen LogP contribution in [0.2, 0.25) is 0 Å². The Morgan fingerprint density at radius 2 is 1.01 bits per heavy atom. The zero-order valence-electron chi connectivity index (χ0n) is 43.9. The first-order valence-corrected chi connectivity index (χ1v) is 27.5. The highest BCUT2D eigenvalue weighted by Gasteiger charge is 2.41. The Labute approximate surface area is 458 Å². The Hall–Kier alpha value is -9.54. The van der Waals surface area contributed by atoms with Gasteiger partial charge in [0.1, 0.15) is 11.7 Å². The summed E-state index contributed by atoms with van der Waals surface area (Å²) in [7, 11) is -2.35. The number of esters is 2. The number of anilines is 4. The monoisotopic (exact) mass is 1070 g/mol. The maximum atomic E-state index is 14.8. The van der Waals surface area contributed by atoms with Crippen molar-refractivity contribution in [3.8, 4) is 22.3 Å². The van der Waals surface area contributed by atoms with Gasteiger partial charge in [0.2, 0.25) is 10.0 Å². The van der Waals surface area contributed by atoms with E-state index in [1.807, 2.05) is 121 Å². The van der Waals surface area contributed by atoms with E-state index in [0.29, 0.717) is 46.2 Å². The van der Waals surface area contributed by atoms with E-state index < -0.39 is 38.8 Å². The molecule has 0 fully saturated rings. The van der Waals surface area contributed by atoms with Gasteiger partial charge in [-0.1, -0.05) is 123 Å². The van der Waals surface area contributed by atoms with Crippen molar-refractivity contribution in [3.63, 3.8) is 0 Å². The number of carbonyl (C=O) groups excluding carboxylic acids is 3. The summed E-state index contributed by atoms with van der Waals surface area (Å²) < 4.78 is 33.4. The number of amides is 2. The van der Waals surface area contributed by atoms with E-state index in [1.54, 1.807) is 24.3 Å². The van der Waals surface area contributed by atoms with Gasteiger partial charge in [-0.3, -0.25) is 15.5 Å². The molecule has 4 unspecified atom stereocenters. The SMILES string of the molecule is CNC(=O)Nc1ccc(-c2cccc(C3CC(C)(c4ccccc4)c4cc(C(=N)N)ccc4N3)c2)c(C(=O)OC(=O)c2cc(NS(C)(=O)=O)ccc2-c2cccc(C3CC(C)(c4ccccc4)c4cc(C(=N)N)ccc4N3)c2)c1. The molecule has 2 aliphatic heterocycles. The molecule has 79 heavy (non-hydrogen) atoms. The fourth-order valence-corrected chi connectivity index (χ4v) is 11.7. The van der Waals surface area contributed by atoms with E-state index in [4.69, 9.17) is 27.0 Å². The standard InChI is InChI=1S/C63H59N9O6S/c1-62(43-17-7-5-8-18-43)35-55(70-53-27-21-41(57(64)65)31-51(53)62)39-15-11-13-37(29-39)47-25-23-45(69-61(75)68-3)33-49(47)59(73)78-60(74)50-34-46(72-79(4,76)77)24-26-48(50)38-14-12-16-40(30-38)56-36-63(2,44-19-9-6-10-20-44)52-32-42(58(66)67)22-28-54(52)71-56/h5-34,55-56,70-72H,35-36H2,1-4H3,(H3,64,65)(H3,66,67)(H2,68,69,75). The summed E-state index contributed by atoms with van der Waals surface area (Å²) in [5, 5.41) is 29.0. The smallest absolute Gasteiger partial charge is 0.346 e. The van der Waals surface area contributed by atoms with Gasteiger partial charge in [-0.25, -0.2) is 22.8 Å². The van der Waals surface area contributed by atoms with Crippen molar-refractivity contribution < 1.29 is 27.5 Å². The van der Waals surface area contributed by atoms with Gasteiger partial charge in [0.15, 0.2) is 0 Å². The molecule has 2 heterocycles. The van der Waals surface area contributed by atoms with Crippen molar-refractivity contribution >= 4 is 62.4 Å². The number of amidine groups is 2. The van der Waals surface area contributed by atoms with Gasteiger partial charge >= 0.3 is 18.0 Å². The highest BCUT2D eigenvalue weighted by molar-refractivity contribution is 7.92. The van der Waals surface area contributed by atoms with Crippen molar-refractivity contribution in [1.82, 2.24) is 5.32 Å². The lowest BCUT2D eigenvalue weighted by Gasteiger charge is -2.42. The molecule has 8 aromatic carbocycles. The Kier molecular flexibility index (Phi) is 14.1. The second-order valence-corrected chi connectivity index (χ2v) is 22.3. The third-order valence-corrected chi connectivity index (χ3v) is 15.8. The van der Waals surface area contributed by atoms with E-state index in [-0.39, 0.29) is 46.3 Å². The molecule has 15 nitrogen and oxygen atoms in total. The molecule has 0 aromatic heterocycles. The highest BCUT2D eigenvalue weighted by atomic mass is 32.2. The van der Waals surface area contributed by atoms with Crippen LogP contribution in [0.5, 0.6) is 0 Å². The Morgan fingerprint density at radius 1 is 0.570 bits per heavy atom. The summed E-state index contributed by atoms with van der Waals surface area (Å²) in [6.07, 6.45) is 2.22. The molecule has 0 spiro atoms. The number of urea groups is 1. The van der Waals surface area contributed by atoms with Crippen molar-refractivity contribution in [2.75, 3.05) is 34.0 Å². The summed E-state index contributed by atoms with van der Waals surface area (Å²) in [5.74, 6) is -2.12. The lowest BCUT2D eigenvalue weighted by atomic mass is 9.68. The molecule has 0 saturated carbocycles. The quantitative estimate of drug-likeness (QED) is 0.0228. The first kappa shape index (κ1) is 52.9. The maximum absolute atomic E-state index is 14.8. The zero-order valence-corrected chi connectivity index (χ0v) is 44.7. The predicted octanol–water partition coefficient (Wildman–Crippen LogP) is 11.4. The van der Waals surface area contributed by atoms with Crippen molar-refractivity contribution in [2.24, 2.45) is 11.5 Å². The van der Waals surface area contributed by atoms with Crippen LogP contribution in [-0.4, -0.2) is 51.4 Å². The van der Waals surface area contributed by atoms with Crippen molar-refractivity contribution in [3.05, 3.63) is 238 Å². The average Bonchev–Trinajstić information content (AvgIpc) is 3.62. The second kappa shape index (κ2) is 21.1. The van der Waals surface area contributed by atoms with Gasteiger partial charge in [-0.15, -0.1) is 0 Å². The fourth-order valence-electron chi connectivity index (χ4n) is 11.2. The van der Waals surface area contributed by atoms with Crippen LogP contribution in [0.15, 0.2) is 182 Å². The van der Waals surface area contributed by atoms with Crippen LogP contribution >= 0.6 is 0 Å². The van der Waals surface area contributed by atoms with Gasteiger partial charge in [-0.05, 0) is 141 Å². The molecule has 10 rings (SSSR count). The van der Waals surface area contributed by atoms with E-state index >= 15 is 0 Å². The molecule has 16 heteroatoms. The average molecular weight is 1070 g/mol. The number of nitrogen functional groups attached to an aromatic ring is 2. The lowest BCUT2D eigenvalue weighted by molar-refractivity contribution is 0.0398. The van der Waals surface area contributed by atoms with E-state index in [2.05, 4.69) is 64.1 Å². The van der Waals surface area contributed by atoms with Gasteiger partial charge < -0.3 is 37.5 Å². The number of nitrogens with two attached hydrogens (primary N) is 2. The molecular weight excluding hydrogens is 1010 g/mol. The number of benzene rings is 8. The molecule has 2 aliphatic rings. The summed E-state index contributed by atoms with van der Waals surface area (Å²) in [5.41, 5.74) is 22.1. The van der Waals surface area contributed by atoms with Crippen LogP contribution in [0.3, 0.4) is 0 Å². The number of rotatable bonds is 13. The minimum atomic E-state index is -3.81. The van der Waals surface area contributed by atoms with Crippen LogP contribution in [0.25, 0.3) is 22.3 Å². The molecule has 398 valence electrons. The predicted molar refractivity (Wildman–Crippen MR) is 313 cm³/mol. The largest absolute Gasteiger partial charge is 0.386 e. The van der Waals surface area contributed by atoms with E-state index in [9.17, 15) is 22.8 Å². The van der Waals surface area contributed by atoms with Crippen molar-refractivity contribution in [2.45, 2.75) is 49.6 Å². The Morgan fingerprint density at radius 3 is 1.44 bits per heavy atom. The molecular formula is C63H59N9O6S. The van der Waals surface area contributed by atoms with Crippen LogP contribution in [0.4, 0.5) is 27.5 Å². The highest BCUT2D eigenvalue weighted by Crippen LogP contribution is 2.50. The van der Waals surface area contributed by atoms with Crippen molar-refractivity contribution in [1.29, 1.82) is 10.8 Å². The maximum Gasteiger partial charge on any atom is 0.346 e. The first-order valence-electron chi connectivity index (χ1n) is 25.6. The van der Waals surface area contributed by atoms with Crippen LogP contribution < -0.4 is 37.5 Å². The normalized spacial score (nSPS) is 18.3. The van der Waals surface area contributed by atoms with Gasteiger partial charge in [-0.2, -0.15) is 0 Å². The number of nitrogens with one attached hydrogen (secondary N) is 7. The van der Waals surface area contributed by atoms with E-state index in [1.165, 1.54) is 19.2 Å². The number of sulfonamides is 1. The summed E-state index contributed by atoms with van der Waals surface area (Å²) in [4.78, 5) is 42.2. The zero-order chi connectivity index (χ0) is 55.8. The van der Waals surface area contributed by atoms with Gasteiger partial charge in [0.25, 0.3) is 0 Å².